The second kappa shape index (κ2) is 8.13. The minimum Gasteiger partial charge on any atom is -0.374 e. The molecule has 1 fully saturated rings. The Morgan fingerprint density at radius 1 is 1.22 bits per heavy atom. The third kappa shape index (κ3) is 5.25. The molecule has 3 nitrogen and oxygen atoms in total. The first kappa shape index (κ1) is 15.9. The molecule has 1 aliphatic rings. The molecule has 0 unspecified atom stereocenters. The maximum absolute atomic E-state index is 6.20. The molecule has 0 saturated heterocycles. The summed E-state index contributed by atoms with van der Waals surface area (Å²) in [6.45, 7) is 14.1. The Morgan fingerprint density at radius 2 is 1.89 bits per heavy atom. The van der Waals surface area contributed by atoms with Crippen molar-refractivity contribution < 1.29 is 4.74 Å². The lowest BCUT2D eigenvalue weighted by atomic mass is 9.77. The van der Waals surface area contributed by atoms with Crippen LogP contribution >= 0.6 is 0 Å². The number of ether oxygens (including phenoxy) is 1. The average Bonchev–Trinajstić information content (AvgIpc) is 2.30. The van der Waals surface area contributed by atoms with Gasteiger partial charge in [0.2, 0.25) is 0 Å². The van der Waals surface area contributed by atoms with Crippen LogP contribution in [0.15, 0.2) is 0 Å². The van der Waals surface area contributed by atoms with E-state index in [0.717, 1.165) is 32.8 Å². The smallest absolute Gasteiger partial charge is 0.0695 e. The van der Waals surface area contributed by atoms with Crippen LogP contribution in [0.2, 0.25) is 0 Å². The van der Waals surface area contributed by atoms with Crippen molar-refractivity contribution in [2.24, 2.45) is 0 Å². The van der Waals surface area contributed by atoms with Crippen LogP contribution in [0.4, 0.5) is 0 Å². The Labute approximate surface area is 113 Å². The summed E-state index contributed by atoms with van der Waals surface area (Å²) in [6.07, 6.45) is 5.02. The Kier molecular flexibility index (Phi) is 7.20. The summed E-state index contributed by atoms with van der Waals surface area (Å²) in [5.41, 5.74) is 0.203. The molecule has 0 aliphatic heterocycles. The Hall–Kier alpha value is -0.120. The van der Waals surface area contributed by atoms with Gasteiger partial charge in [-0.1, -0.05) is 27.7 Å². The van der Waals surface area contributed by atoms with Gasteiger partial charge in [-0.2, -0.15) is 0 Å². The molecule has 0 aromatic heterocycles. The van der Waals surface area contributed by atoms with E-state index < -0.39 is 0 Å². The fourth-order valence-electron chi connectivity index (χ4n) is 2.56. The Balaban J connectivity index is 2.19. The van der Waals surface area contributed by atoms with Gasteiger partial charge in [0.25, 0.3) is 0 Å². The molecular formula is C15H32N2O. The van der Waals surface area contributed by atoms with Gasteiger partial charge in [0, 0.05) is 12.6 Å². The van der Waals surface area contributed by atoms with Gasteiger partial charge in [0.1, 0.15) is 0 Å². The predicted molar refractivity (Wildman–Crippen MR) is 78.1 cm³/mol. The largest absolute Gasteiger partial charge is 0.374 e. The van der Waals surface area contributed by atoms with Crippen LogP contribution in [-0.4, -0.2) is 49.3 Å². The zero-order valence-corrected chi connectivity index (χ0v) is 12.8. The summed E-state index contributed by atoms with van der Waals surface area (Å²) >= 11 is 0. The third-order valence-electron chi connectivity index (χ3n) is 4.11. The number of nitrogens with zero attached hydrogens (tertiary/aromatic N) is 1. The van der Waals surface area contributed by atoms with Crippen LogP contribution in [0.1, 0.15) is 53.4 Å². The first-order chi connectivity index (χ1) is 8.62. The van der Waals surface area contributed by atoms with Crippen molar-refractivity contribution >= 4 is 0 Å². The molecule has 0 atom stereocenters. The maximum Gasteiger partial charge on any atom is 0.0695 e. The lowest BCUT2D eigenvalue weighted by Crippen LogP contribution is -2.44. The van der Waals surface area contributed by atoms with Gasteiger partial charge >= 0.3 is 0 Å². The topological polar surface area (TPSA) is 24.5 Å². The summed E-state index contributed by atoms with van der Waals surface area (Å²) < 4.78 is 6.20. The number of hydrogen-bond acceptors (Lipinski definition) is 3. The highest BCUT2D eigenvalue weighted by molar-refractivity contribution is 4.90. The van der Waals surface area contributed by atoms with Crippen LogP contribution in [0.25, 0.3) is 0 Å². The molecule has 0 bridgehead atoms. The molecule has 0 heterocycles. The minimum absolute atomic E-state index is 0.203. The van der Waals surface area contributed by atoms with E-state index in [9.17, 15) is 0 Å². The fourth-order valence-corrected chi connectivity index (χ4v) is 2.56. The first-order valence-electron chi connectivity index (χ1n) is 7.71. The second-order valence-electron chi connectivity index (χ2n) is 5.77. The molecular weight excluding hydrogens is 224 g/mol. The van der Waals surface area contributed by atoms with E-state index in [0.29, 0.717) is 6.04 Å². The monoisotopic (exact) mass is 256 g/mol. The lowest BCUT2D eigenvalue weighted by Gasteiger charge is -2.42. The number of nitrogens with one attached hydrogen (secondary N) is 1. The summed E-state index contributed by atoms with van der Waals surface area (Å²) in [6, 6.07) is 0.581. The highest BCUT2D eigenvalue weighted by Gasteiger charge is 2.37. The van der Waals surface area contributed by atoms with Crippen LogP contribution in [0.3, 0.4) is 0 Å². The van der Waals surface area contributed by atoms with Gasteiger partial charge < -0.3 is 15.0 Å². The van der Waals surface area contributed by atoms with Crippen molar-refractivity contribution in [3.63, 3.8) is 0 Å². The molecule has 0 radical (unpaired) electrons. The molecule has 1 aliphatic carbocycles. The van der Waals surface area contributed by atoms with E-state index in [4.69, 9.17) is 4.74 Å². The van der Waals surface area contributed by atoms with Crippen molar-refractivity contribution in [1.82, 2.24) is 10.2 Å². The molecule has 3 heteroatoms. The molecule has 0 spiro atoms. The van der Waals surface area contributed by atoms with Crippen LogP contribution in [-0.2, 0) is 4.74 Å². The quantitative estimate of drug-likeness (QED) is 0.650. The van der Waals surface area contributed by atoms with E-state index in [2.05, 4.69) is 37.9 Å². The van der Waals surface area contributed by atoms with E-state index in [1.54, 1.807) is 0 Å². The molecule has 1 rings (SSSR count). The first-order valence-corrected chi connectivity index (χ1v) is 7.71. The zero-order chi connectivity index (χ0) is 13.4. The van der Waals surface area contributed by atoms with Gasteiger partial charge in [-0.15, -0.1) is 0 Å². The van der Waals surface area contributed by atoms with Crippen LogP contribution in [0.5, 0.6) is 0 Å². The summed E-state index contributed by atoms with van der Waals surface area (Å²) in [4.78, 5) is 2.43. The van der Waals surface area contributed by atoms with Gasteiger partial charge in [0.05, 0.1) is 12.2 Å². The molecule has 1 saturated carbocycles. The molecule has 1 N–H and O–H groups in total. The SMILES string of the molecule is CCN(CC)CCOC1(CCNC(C)C)CCC1. The average molecular weight is 256 g/mol. The minimum atomic E-state index is 0.203. The predicted octanol–water partition coefficient (Wildman–Crippen LogP) is 2.66. The second-order valence-corrected chi connectivity index (χ2v) is 5.77. The number of rotatable bonds is 10. The van der Waals surface area contributed by atoms with Gasteiger partial charge in [-0.3, -0.25) is 0 Å². The van der Waals surface area contributed by atoms with Gasteiger partial charge in [-0.25, -0.2) is 0 Å². The van der Waals surface area contributed by atoms with E-state index in [-0.39, 0.29) is 5.60 Å². The van der Waals surface area contributed by atoms with Crippen molar-refractivity contribution in [2.75, 3.05) is 32.8 Å². The summed E-state index contributed by atoms with van der Waals surface area (Å²) in [7, 11) is 0. The normalized spacial score (nSPS) is 18.3. The van der Waals surface area contributed by atoms with E-state index >= 15 is 0 Å². The maximum atomic E-state index is 6.20. The van der Waals surface area contributed by atoms with Crippen molar-refractivity contribution in [3.8, 4) is 0 Å². The van der Waals surface area contributed by atoms with Crippen molar-refractivity contribution in [1.29, 1.82) is 0 Å². The third-order valence-corrected chi connectivity index (χ3v) is 4.11. The van der Waals surface area contributed by atoms with Crippen LogP contribution in [0, 0.1) is 0 Å². The standard InChI is InChI=1S/C15H32N2O/c1-5-17(6-2)12-13-18-15(8-7-9-15)10-11-16-14(3)4/h14,16H,5-13H2,1-4H3. The molecule has 0 amide bonds. The highest BCUT2D eigenvalue weighted by atomic mass is 16.5. The van der Waals surface area contributed by atoms with E-state index in [1.807, 2.05) is 0 Å². The molecule has 18 heavy (non-hydrogen) atoms. The summed E-state index contributed by atoms with van der Waals surface area (Å²) in [5, 5.41) is 3.50. The Bertz CT molecular complexity index is 211. The zero-order valence-electron chi connectivity index (χ0n) is 12.8. The fraction of sp³-hybridized carbons (Fsp3) is 1.00. The van der Waals surface area contributed by atoms with Crippen LogP contribution < -0.4 is 5.32 Å². The lowest BCUT2D eigenvalue weighted by molar-refractivity contribution is -0.108. The highest BCUT2D eigenvalue weighted by Crippen LogP contribution is 2.38. The van der Waals surface area contributed by atoms with E-state index in [1.165, 1.54) is 25.7 Å². The van der Waals surface area contributed by atoms with Crippen molar-refractivity contribution in [2.45, 2.75) is 65.0 Å². The van der Waals surface area contributed by atoms with Crippen molar-refractivity contribution in [3.05, 3.63) is 0 Å². The summed E-state index contributed by atoms with van der Waals surface area (Å²) in [5.74, 6) is 0. The van der Waals surface area contributed by atoms with Gasteiger partial charge in [-0.05, 0) is 45.3 Å². The number of likely N-dealkylation sites (N-methyl/N-ethyl adjacent to an activating group) is 1. The number of hydrogen-bond donors (Lipinski definition) is 1. The molecule has 0 aromatic rings. The molecule has 108 valence electrons. The Morgan fingerprint density at radius 3 is 2.33 bits per heavy atom. The molecule has 0 aromatic carbocycles. The van der Waals surface area contributed by atoms with Gasteiger partial charge in [0.15, 0.2) is 0 Å².